The molecule has 0 aromatic carbocycles. The summed E-state index contributed by atoms with van der Waals surface area (Å²) in [7, 11) is 1.73. The molecular formula is C12H22O2. The van der Waals surface area contributed by atoms with Crippen LogP contribution < -0.4 is 0 Å². The minimum Gasteiger partial charge on any atom is -0.381 e. The molecule has 0 aliphatic heterocycles. The Morgan fingerprint density at radius 3 is 2.64 bits per heavy atom. The van der Waals surface area contributed by atoms with Crippen LogP contribution in [0.3, 0.4) is 0 Å². The lowest BCUT2D eigenvalue weighted by Crippen LogP contribution is -2.33. The Morgan fingerprint density at radius 2 is 2.14 bits per heavy atom. The summed E-state index contributed by atoms with van der Waals surface area (Å²) < 4.78 is 5.45. The Hall–Kier alpha value is -0.370. The molecule has 0 spiro atoms. The maximum absolute atomic E-state index is 11.7. The molecule has 2 nitrogen and oxygen atoms in total. The predicted octanol–water partition coefficient (Wildman–Crippen LogP) is 2.81. The summed E-state index contributed by atoms with van der Waals surface area (Å²) in [6.07, 6.45) is 5.23. The molecule has 0 bridgehead atoms. The zero-order valence-corrected chi connectivity index (χ0v) is 9.58. The van der Waals surface area contributed by atoms with Crippen molar-refractivity contribution in [3.05, 3.63) is 0 Å². The summed E-state index contributed by atoms with van der Waals surface area (Å²) in [5.74, 6) is 1.20. The van der Waals surface area contributed by atoms with Gasteiger partial charge in [-0.05, 0) is 25.2 Å². The van der Waals surface area contributed by atoms with Crippen molar-refractivity contribution in [2.45, 2.75) is 52.1 Å². The van der Waals surface area contributed by atoms with Gasteiger partial charge in [0.05, 0.1) is 6.10 Å². The van der Waals surface area contributed by atoms with Crippen molar-refractivity contribution in [2.75, 3.05) is 7.11 Å². The molecule has 2 atom stereocenters. The highest BCUT2D eigenvalue weighted by Gasteiger charge is 2.30. The van der Waals surface area contributed by atoms with Crippen LogP contribution >= 0.6 is 0 Å². The zero-order valence-electron chi connectivity index (χ0n) is 9.58. The molecule has 0 N–H and O–H groups in total. The number of carbonyl (C=O) groups excluding carboxylic acids is 1. The number of hydrogen-bond acceptors (Lipinski definition) is 2. The van der Waals surface area contributed by atoms with E-state index in [4.69, 9.17) is 4.74 Å². The van der Waals surface area contributed by atoms with Crippen LogP contribution in [0.15, 0.2) is 0 Å². The van der Waals surface area contributed by atoms with E-state index in [0.29, 0.717) is 11.7 Å². The van der Waals surface area contributed by atoms with Crippen LogP contribution in [0.4, 0.5) is 0 Å². The van der Waals surface area contributed by atoms with E-state index in [0.717, 1.165) is 25.7 Å². The minimum absolute atomic E-state index is 0.155. The minimum atomic E-state index is 0.155. The van der Waals surface area contributed by atoms with Crippen LogP contribution in [0.2, 0.25) is 0 Å². The van der Waals surface area contributed by atoms with Crippen molar-refractivity contribution in [3.8, 4) is 0 Å². The highest BCUT2D eigenvalue weighted by Crippen LogP contribution is 2.28. The fourth-order valence-corrected chi connectivity index (χ4v) is 2.29. The highest BCUT2D eigenvalue weighted by atomic mass is 16.5. The first-order chi connectivity index (χ1) is 6.65. The Bertz CT molecular complexity index is 187. The van der Waals surface area contributed by atoms with Gasteiger partial charge >= 0.3 is 0 Å². The van der Waals surface area contributed by atoms with Crippen molar-refractivity contribution in [1.29, 1.82) is 0 Å². The second-order valence-electron chi connectivity index (χ2n) is 4.72. The van der Waals surface area contributed by atoms with Crippen molar-refractivity contribution >= 4 is 5.78 Å². The first-order valence-corrected chi connectivity index (χ1v) is 5.70. The van der Waals surface area contributed by atoms with Crippen LogP contribution in [0.1, 0.15) is 46.0 Å². The molecule has 0 radical (unpaired) electrons. The van der Waals surface area contributed by atoms with Gasteiger partial charge in [0.2, 0.25) is 0 Å². The van der Waals surface area contributed by atoms with Crippen molar-refractivity contribution in [3.63, 3.8) is 0 Å². The first kappa shape index (κ1) is 11.7. The number of methoxy groups -OCH3 is 1. The molecule has 0 heterocycles. The lowest BCUT2D eigenvalue weighted by Gasteiger charge is -2.29. The van der Waals surface area contributed by atoms with Gasteiger partial charge in [0.25, 0.3) is 0 Å². The standard InChI is InChI=1S/C12H22O2/c1-9(2)8-12(14-3)10-6-4-5-7-11(10)13/h9-10,12H,4-8H2,1-3H3. The average molecular weight is 198 g/mol. The third-order valence-electron chi connectivity index (χ3n) is 3.06. The van der Waals surface area contributed by atoms with Crippen molar-refractivity contribution < 1.29 is 9.53 Å². The normalized spacial score (nSPS) is 25.4. The molecule has 1 rings (SSSR count). The third kappa shape index (κ3) is 3.09. The number of ether oxygens (including phenoxy) is 1. The zero-order chi connectivity index (χ0) is 10.6. The second kappa shape index (κ2) is 5.50. The Morgan fingerprint density at radius 1 is 1.43 bits per heavy atom. The first-order valence-electron chi connectivity index (χ1n) is 5.70. The van der Waals surface area contributed by atoms with Crippen LogP contribution in [0.5, 0.6) is 0 Å². The quantitative estimate of drug-likeness (QED) is 0.694. The molecule has 0 saturated heterocycles. The number of carbonyl (C=O) groups is 1. The number of rotatable bonds is 4. The van der Waals surface area contributed by atoms with Crippen molar-refractivity contribution in [1.82, 2.24) is 0 Å². The van der Waals surface area contributed by atoms with Crippen LogP contribution in [-0.2, 0) is 9.53 Å². The monoisotopic (exact) mass is 198 g/mol. The molecule has 1 aliphatic carbocycles. The molecule has 14 heavy (non-hydrogen) atoms. The van der Waals surface area contributed by atoms with Gasteiger partial charge in [-0.3, -0.25) is 4.79 Å². The summed E-state index contributed by atoms with van der Waals surface area (Å²) >= 11 is 0. The van der Waals surface area contributed by atoms with Gasteiger partial charge in [0.15, 0.2) is 0 Å². The van der Waals surface area contributed by atoms with Gasteiger partial charge in [-0.1, -0.05) is 20.3 Å². The molecule has 1 aliphatic rings. The summed E-state index contributed by atoms with van der Waals surface area (Å²) in [6, 6.07) is 0. The van der Waals surface area contributed by atoms with Crippen molar-refractivity contribution in [2.24, 2.45) is 11.8 Å². The molecular weight excluding hydrogens is 176 g/mol. The molecule has 0 amide bonds. The fraction of sp³-hybridized carbons (Fsp3) is 0.917. The molecule has 2 heteroatoms. The molecule has 1 saturated carbocycles. The lowest BCUT2D eigenvalue weighted by molar-refractivity contribution is -0.130. The van der Waals surface area contributed by atoms with Crippen LogP contribution in [-0.4, -0.2) is 19.0 Å². The predicted molar refractivity (Wildman–Crippen MR) is 57.2 cm³/mol. The van der Waals surface area contributed by atoms with Gasteiger partial charge in [0.1, 0.15) is 5.78 Å². The Balaban J connectivity index is 2.53. The third-order valence-corrected chi connectivity index (χ3v) is 3.06. The molecule has 1 fully saturated rings. The van der Waals surface area contributed by atoms with Crippen LogP contribution in [0.25, 0.3) is 0 Å². The van der Waals surface area contributed by atoms with Gasteiger partial charge < -0.3 is 4.74 Å². The molecule has 0 aromatic heterocycles. The number of Topliss-reactive ketones (excluding diaryl/α,β-unsaturated/α-hetero) is 1. The Kier molecular flexibility index (Phi) is 4.59. The van der Waals surface area contributed by atoms with E-state index in [9.17, 15) is 4.79 Å². The average Bonchev–Trinajstić information content (AvgIpc) is 2.15. The van der Waals surface area contributed by atoms with Gasteiger partial charge in [-0.15, -0.1) is 0 Å². The van der Waals surface area contributed by atoms with E-state index < -0.39 is 0 Å². The Labute approximate surface area is 87.0 Å². The molecule has 2 unspecified atom stereocenters. The SMILES string of the molecule is COC(CC(C)C)C1CCCCC1=O. The van der Waals surface area contributed by atoms with Gasteiger partial charge in [-0.25, -0.2) is 0 Å². The highest BCUT2D eigenvalue weighted by molar-refractivity contribution is 5.82. The number of ketones is 1. The smallest absolute Gasteiger partial charge is 0.138 e. The maximum Gasteiger partial charge on any atom is 0.138 e. The summed E-state index contributed by atoms with van der Waals surface area (Å²) in [5, 5.41) is 0. The van der Waals surface area contributed by atoms with E-state index in [1.165, 1.54) is 6.42 Å². The largest absolute Gasteiger partial charge is 0.381 e. The topological polar surface area (TPSA) is 26.3 Å². The van der Waals surface area contributed by atoms with Crippen LogP contribution in [0, 0.1) is 11.8 Å². The maximum atomic E-state index is 11.7. The molecule has 0 aromatic rings. The van der Waals surface area contributed by atoms with Gasteiger partial charge in [0, 0.05) is 19.4 Å². The summed E-state index contributed by atoms with van der Waals surface area (Å²) in [6.45, 7) is 4.36. The fourth-order valence-electron chi connectivity index (χ4n) is 2.29. The molecule has 82 valence electrons. The van der Waals surface area contributed by atoms with E-state index in [1.807, 2.05) is 0 Å². The summed E-state index contributed by atoms with van der Waals surface area (Å²) in [4.78, 5) is 11.7. The van der Waals surface area contributed by atoms with E-state index in [2.05, 4.69) is 13.8 Å². The number of hydrogen-bond donors (Lipinski definition) is 0. The van der Waals surface area contributed by atoms with E-state index >= 15 is 0 Å². The van der Waals surface area contributed by atoms with E-state index in [-0.39, 0.29) is 12.0 Å². The van der Waals surface area contributed by atoms with Gasteiger partial charge in [-0.2, -0.15) is 0 Å². The van der Waals surface area contributed by atoms with E-state index in [1.54, 1.807) is 7.11 Å². The second-order valence-corrected chi connectivity index (χ2v) is 4.72. The lowest BCUT2D eigenvalue weighted by atomic mass is 9.81. The summed E-state index contributed by atoms with van der Waals surface area (Å²) in [5.41, 5.74) is 0.